The molecule has 0 saturated carbocycles. The van der Waals surface area contributed by atoms with Gasteiger partial charge in [0, 0.05) is 24.9 Å². The summed E-state index contributed by atoms with van der Waals surface area (Å²) in [5, 5.41) is 7.38. The molecule has 1 aliphatic heterocycles. The van der Waals surface area contributed by atoms with E-state index in [1.165, 1.54) is 16.7 Å². The molecule has 0 saturated heterocycles. The maximum atomic E-state index is 12.0. The predicted molar refractivity (Wildman–Crippen MR) is 79.0 cm³/mol. The first-order chi connectivity index (χ1) is 9.47. The highest BCUT2D eigenvalue weighted by Crippen LogP contribution is 2.39. The molecule has 2 aromatic rings. The Labute approximate surface area is 118 Å². The lowest BCUT2D eigenvalue weighted by atomic mass is 9.84. The van der Waals surface area contributed by atoms with E-state index in [-0.39, 0.29) is 11.8 Å². The van der Waals surface area contributed by atoms with Crippen LogP contribution in [0.4, 0.5) is 5.82 Å². The Morgan fingerprint density at radius 1 is 1.25 bits per heavy atom. The molecular formula is C16H19N3O. The Morgan fingerprint density at radius 3 is 2.70 bits per heavy atom. The molecule has 4 heteroatoms. The molecule has 3 rings (SSSR count). The third kappa shape index (κ3) is 1.92. The highest BCUT2D eigenvalue weighted by molar-refractivity contribution is 5.94. The van der Waals surface area contributed by atoms with Crippen molar-refractivity contribution in [3.63, 3.8) is 0 Å². The van der Waals surface area contributed by atoms with Gasteiger partial charge in [-0.1, -0.05) is 18.2 Å². The number of aryl methyl sites for hydroxylation is 4. The molecule has 1 aromatic carbocycles. The third-order valence-electron chi connectivity index (χ3n) is 4.20. The second-order valence-corrected chi connectivity index (χ2v) is 5.62. The van der Waals surface area contributed by atoms with Crippen LogP contribution in [0.2, 0.25) is 0 Å². The van der Waals surface area contributed by atoms with Crippen LogP contribution in [-0.4, -0.2) is 15.7 Å². The van der Waals surface area contributed by atoms with Crippen LogP contribution in [0.1, 0.15) is 40.3 Å². The van der Waals surface area contributed by atoms with Gasteiger partial charge in [-0.25, -0.2) is 0 Å². The molecule has 20 heavy (non-hydrogen) atoms. The van der Waals surface area contributed by atoms with Gasteiger partial charge >= 0.3 is 0 Å². The summed E-state index contributed by atoms with van der Waals surface area (Å²) >= 11 is 0. The number of rotatable bonds is 1. The van der Waals surface area contributed by atoms with Crippen LogP contribution in [0.3, 0.4) is 0 Å². The largest absolute Gasteiger partial charge is 0.311 e. The van der Waals surface area contributed by atoms with E-state index in [0.29, 0.717) is 6.42 Å². The Balaban J connectivity index is 2.15. The fourth-order valence-corrected chi connectivity index (χ4v) is 2.98. The van der Waals surface area contributed by atoms with Crippen LogP contribution in [0.25, 0.3) is 0 Å². The number of fused-ring (bicyclic) bond motifs is 1. The zero-order valence-electron chi connectivity index (χ0n) is 12.3. The molecule has 1 atom stereocenters. The zero-order chi connectivity index (χ0) is 14.4. The van der Waals surface area contributed by atoms with E-state index in [0.717, 1.165) is 17.1 Å². The number of nitrogens with one attached hydrogen (secondary N) is 1. The number of carbonyl (C=O) groups excluding carboxylic acids is 1. The molecule has 1 amide bonds. The van der Waals surface area contributed by atoms with Crippen molar-refractivity contribution in [3.8, 4) is 0 Å². The highest BCUT2D eigenvalue weighted by atomic mass is 16.1. The van der Waals surface area contributed by atoms with Crippen molar-refractivity contribution in [1.82, 2.24) is 9.78 Å². The van der Waals surface area contributed by atoms with Gasteiger partial charge in [0.1, 0.15) is 5.82 Å². The van der Waals surface area contributed by atoms with Crippen molar-refractivity contribution in [2.75, 3.05) is 5.32 Å². The number of benzene rings is 1. The lowest BCUT2D eigenvalue weighted by Gasteiger charge is -2.24. The topological polar surface area (TPSA) is 46.9 Å². The molecule has 0 spiro atoms. The van der Waals surface area contributed by atoms with Crippen LogP contribution in [0.5, 0.6) is 0 Å². The second kappa shape index (κ2) is 4.47. The van der Waals surface area contributed by atoms with E-state index in [2.05, 4.69) is 42.5 Å². The summed E-state index contributed by atoms with van der Waals surface area (Å²) in [6.45, 7) is 6.22. The van der Waals surface area contributed by atoms with Crippen LogP contribution < -0.4 is 5.32 Å². The average Bonchev–Trinajstić information content (AvgIpc) is 2.67. The summed E-state index contributed by atoms with van der Waals surface area (Å²) in [4.78, 5) is 12.0. The summed E-state index contributed by atoms with van der Waals surface area (Å²) in [6.07, 6.45) is 0.488. The first-order valence-corrected chi connectivity index (χ1v) is 6.88. The van der Waals surface area contributed by atoms with Gasteiger partial charge < -0.3 is 5.32 Å². The standard InChI is InChI=1S/C16H19N3O/c1-9-5-6-12(7-10(9)2)13-8-14(20)17-16-15(13)11(3)18-19(16)4/h5-7,13H,8H2,1-4H3,(H,17,20)/t13-/m1/s1. The summed E-state index contributed by atoms with van der Waals surface area (Å²) in [6, 6.07) is 6.44. The molecule has 0 bridgehead atoms. The molecule has 4 nitrogen and oxygen atoms in total. The quantitative estimate of drug-likeness (QED) is 0.865. The Kier molecular flexibility index (Phi) is 2.89. The first-order valence-electron chi connectivity index (χ1n) is 6.88. The fraction of sp³-hybridized carbons (Fsp3) is 0.375. The monoisotopic (exact) mass is 269 g/mol. The van der Waals surface area contributed by atoms with Crippen molar-refractivity contribution in [3.05, 3.63) is 46.1 Å². The molecule has 0 aliphatic carbocycles. The Bertz CT molecular complexity index is 700. The van der Waals surface area contributed by atoms with Gasteiger partial charge in [-0.2, -0.15) is 5.10 Å². The van der Waals surface area contributed by atoms with Crippen molar-refractivity contribution in [2.45, 2.75) is 33.1 Å². The van der Waals surface area contributed by atoms with Gasteiger partial charge in [0.05, 0.1) is 5.69 Å². The summed E-state index contributed by atoms with van der Waals surface area (Å²) in [5.74, 6) is 0.998. The van der Waals surface area contributed by atoms with Gasteiger partial charge in [0.15, 0.2) is 0 Å². The second-order valence-electron chi connectivity index (χ2n) is 5.62. The van der Waals surface area contributed by atoms with Crippen molar-refractivity contribution in [2.24, 2.45) is 7.05 Å². The Hall–Kier alpha value is -2.10. The number of amides is 1. The predicted octanol–water partition coefficient (Wildman–Crippen LogP) is 2.82. The molecule has 2 heterocycles. The van der Waals surface area contributed by atoms with Gasteiger partial charge in [0.2, 0.25) is 5.91 Å². The number of aromatic nitrogens is 2. The normalized spacial score (nSPS) is 17.8. The lowest BCUT2D eigenvalue weighted by Crippen LogP contribution is -2.24. The van der Waals surface area contributed by atoms with E-state index in [1.807, 2.05) is 14.0 Å². The fourth-order valence-electron chi connectivity index (χ4n) is 2.98. The van der Waals surface area contributed by atoms with Crippen molar-refractivity contribution in [1.29, 1.82) is 0 Å². The molecule has 1 aromatic heterocycles. The molecule has 0 fully saturated rings. The molecule has 104 valence electrons. The molecule has 1 aliphatic rings. The number of carbonyl (C=O) groups is 1. The number of hydrogen-bond acceptors (Lipinski definition) is 2. The minimum atomic E-state index is 0.0590. The van der Waals surface area contributed by atoms with Gasteiger partial charge in [0.25, 0.3) is 0 Å². The Morgan fingerprint density at radius 2 is 2.00 bits per heavy atom. The van der Waals surface area contributed by atoms with Gasteiger partial charge in [-0.3, -0.25) is 9.48 Å². The van der Waals surface area contributed by atoms with E-state index in [9.17, 15) is 4.79 Å². The minimum absolute atomic E-state index is 0.0590. The maximum absolute atomic E-state index is 12.0. The van der Waals surface area contributed by atoms with Crippen LogP contribution in [0, 0.1) is 20.8 Å². The van der Waals surface area contributed by atoms with Crippen molar-refractivity contribution < 1.29 is 4.79 Å². The zero-order valence-corrected chi connectivity index (χ0v) is 12.3. The molecule has 1 N–H and O–H groups in total. The smallest absolute Gasteiger partial charge is 0.226 e. The van der Waals surface area contributed by atoms with E-state index >= 15 is 0 Å². The summed E-state index contributed by atoms with van der Waals surface area (Å²) in [7, 11) is 1.87. The van der Waals surface area contributed by atoms with Crippen LogP contribution in [0.15, 0.2) is 18.2 Å². The minimum Gasteiger partial charge on any atom is -0.311 e. The van der Waals surface area contributed by atoms with E-state index in [1.54, 1.807) is 4.68 Å². The summed E-state index contributed by atoms with van der Waals surface area (Å²) in [5.41, 5.74) is 5.87. The third-order valence-corrected chi connectivity index (χ3v) is 4.20. The number of hydrogen-bond donors (Lipinski definition) is 1. The summed E-state index contributed by atoms with van der Waals surface area (Å²) < 4.78 is 1.76. The number of anilines is 1. The molecule has 0 unspecified atom stereocenters. The molecular weight excluding hydrogens is 250 g/mol. The van der Waals surface area contributed by atoms with Crippen LogP contribution in [-0.2, 0) is 11.8 Å². The van der Waals surface area contributed by atoms with Crippen LogP contribution >= 0.6 is 0 Å². The van der Waals surface area contributed by atoms with Crippen molar-refractivity contribution >= 4 is 11.7 Å². The molecule has 0 radical (unpaired) electrons. The maximum Gasteiger partial charge on any atom is 0.226 e. The van der Waals surface area contributed by atoms with E-state index in [4.69, 9.17) is 0 Å². The lowest BCUT2D eigenvalue weighted by molar-refractivity contribution is -0.116. The average molecular weight is 269 g/mol. The highest BCUT2D eigenvalue weighted by Gasteiger charge is 2.31. The first kappa shape index (κ1) is 12.9. The SMILES string of the molecule is Cc1ccc([C@H]2CC(=O)Nc3c2c(C)nn3C)cc1C. The van der Waals surface area contributed by atoms with Gasteiger partial charge in [-0.15, -0.1) is 0 Å². The number of nitrogens with zero attached hydrogens (tertiary/aromatic N) is 2. The van der Waals surface area contributed by atoms with Gasteiger partial charge in [-0.05, 0) is 37.5 Å². The van der Waals surface area contributed by atoms with E-state index < -0.39 is 0 Å².